The molecule has 0 saturated carbocycles. The van der Waals surface area contributed by atoms with Crippen LogP contribution in [0.25, 0.3) is 0 Å². The van der Waals surface area contributed by atoms with Gasteiger partial charge in [0.15, 0.2) is 0 Å². The number of hydrogen-bond acceptors (Lipinski definition) is 3. The van der Waals surface area contributed by atoms with Crippen molar-refractivity contribution in [3.05, 3.63) is 33.3 Å². The Morgan fingerprint density at radius 2 is 2.06 bits per heavy atom. The third kappa shape index (κ3) is 2.77. The minimum atomic E-state index is -4.65. The van der Waals surface area contributed by atoms with Crippen molar-refractivity contribution in [1.29, 1.82) is 5.26 Å². The fourth-order valence-electron chi connectivity index (χ4n) is 1.17. The Morgan fingerprint density at radius 3 is 2.47 bits per heavy atom. The zero-order valence-corrected chi connectivity index (χ0v) is 10.0. The van der Waals surface area contributed by atoms with Crippen molar-refractivity contribution < 1.29 is 22.7 Å². The highest BCUT2D eigenvalue weighted by Crippen LogP contribution is 2.35. The summed E-state index contributed by atoms with van der Waals surface area (Å²) in [5.74, 6) is -0.818. The molecular formula is C10H5BrF3NO2. The summed E-state index contributed by atoms with van der Waals surface area (Å²) in [5.41, 5.74) is -1.85. The normalized spacial score (nSPS) is 10.8. The first-order chi connectivity index (χ1) is 7.81. The number of carbonyl (C=O) groups excluding carboxylic acids is 1. The van der Waals surface area contributed by atoms with E-state index in [0.29, 0.717) is 6.07 Å². The Morgan fingerprint density at radius 1 is 1.47 bits per heavy atom. The van der Waals surface area contributed by atoms with Gasteiger partial charge in [0, 0.05) is 4.47 Å². The second-order valence-electron chi connectivity index (χ2n) is 2.98. The molecule has 0 amide bonds. The van der Waals surface area contributed by atoms with Gasteiger partial charge in [-0.3, -0.25) is 0 Å². The van der Waals surface area contributed by atoms with Crippen molar-refractivity contribution in [3.8, 4) is 6.07 Å². The molecule has 90 valence electrons. The third-order valence-electron chi connectivity index (χ3n) is 1.94. The standard InChI is InChI=1S/C10H5BrF3NO2/c1-17-9(16)6-2-5(4-15)7(3-8(6)11)10(12,13)14/h2-3H,1H3. The number of methoxy groups -OCH3 is 1. The molecule has 0 radical (unpaired) electrons. The number of carbonyl (C=O) groups is 1. The van der Waals surface area contributed by atoms with Crippen LogP contribution in [0.4, 0.5) is 13.2 Å². The van der Waals surface area contributed by atoms with Gasteiger partial charge in [-0.25, -0.2) is 4.79 Å². The van der Waals surface area contributed by atoms with Crippen LogP contribution in [-0.4, -0.2) is 13.1 Å². The van der Waals surface area contributed by atoms with Gasteiger partial charge in [-0.1, -0.05) is 0 Å². The molecule has 0 fully saturated rings. The van der Waals surface area contributed by atoms with Crippen molar-refractivity contribution in [2.24, 2.45) is 0 Å². The Hall–Kier alpha value is -1.55. The summed E-state index contributed by atoms with van der Waals surface area (Å²) in [4.78, 5) is 11.2. The molecule has 0 aliphatic heterocycles. The Kier molecular flexibility index (Phi) is 3.78. The van der Waals surface area contributed by atoms with Crippen LogP contribution in [0.5, 0.6) is 0 Å². The first-order valence-electron chi connectivity index (χ1n) is 4.20. The fourth-order valence-corrected chi connectivity index (χ4v) is 1.67. The van der Waals surface area contributed by atoms with Gasteiger partial charge in [-0.2, -0.15) is 18.4 Å². The lowest BCUT2D eigenvalue weighted by molar-refractivity contribution is -0.137. The molecule has 0 saturated heterocycles. The Bertz CT molecular complexity index is 505. The molecule has 0 spiro atoms. The average Bonchev–Trinajstić information content (AvgIpc) is 2.26. The van der Waals surface area contributed by atoms with E-state index in [0.717, 1.165) is 13.2 Å². The maximum Gasteiger partial charge on any atom is 0.417 e. The van der Waals surface area contributed by atoms with Crippen molar-refractivity contribution >= 4 is 21.9 Å². The van der Waals surface area contributed by atoms with Crippen LogP contribution in [0, 0.1) is 11.3 Å². The van der Waals surface area contributed by atoms with E-state index in [-0.39, 0.29) is 10.0 Å². The first-order valence-corrected chi connectivity index (χ1v) is 4.99. The zero-order chi connectivity index (χ0) is 13.2. The van der Waals surface area contributed by atoms with Gasteiger partial charge in [0.2, 0.25) is 0 Å². The molecule has 0 atom stereocenters. The van der Waals surface area contributed by atoms with E-state index >= 15 is 0 Å². The third-order valence-corrected chi connectivity index (χ3v) is 2.59. The van der Waals surface area contributed by atoms with Crippen LogP contribution in [-0.2, 0) is 10.9 Å². The summed E-state index contributed by atoms with van der Waals surface area (Å²) in [5, 5.41) is 8.63. The van der Waals surface area contributed by atoms with Gasteiger partial charge < -0.3 is 4.74 Å². The van der Waals surface area contributed by atoms with E-state index in [1.807, 2.05) is 0 Å². The maximum absolute atomic E-state index is 12.5. The lowest BCUT2D eigenvalue weighted by atomic mass is 10.0. The lowest BCUT2D eigenvalue weighted by Gasteiger charge is -2.11. The smallest absolute Gasteiger partial charge is 0.417 e. The molecule has 7 heteroatoms. The molecule has 3 nitrogen and oxygen atoms in total. The summed E-state index contributed by atoms with van der Waals surface area (Å²) in [7, 11) is 1.10. The maximum atomic E-state index is 12.5. The molecule has 17 heavy (non-hydrogen) atoms. The number of nitrogens with zero attached hydrogens (tertiary/aromatic N) is 1. The van der Waals surface area contributed by atoms with E-state index in [2.05, 4.69) is 20.7 Å². The molecule has 0 N–H and O–H groups in total. The van der Waals surface area contributed by atoms with E-state index in [1.165, 1.54) is 6.07 Å². The van der Waals surface area contributed by atoms with Gasteiger partial charge in [0.25, 0.3) is 0 Å². The van der Waals surface area contributed by atoms with E-state index in [9.17, 15) is 18.0 Å². The molecule has 0 unspecified atom stereocenters. The van der Waals surface area contributed by atoms with Gasteiger partial charge in [-0.15, -0.1) is 0 Å². The van der Waals surface area contributed by atoms with Crippen LogP contribution in [0.1, 0.15) is 21.5 Å². The second kappa shape index (κ2) is 4.75. The molecule has 0 bridgehead atoms. The molecule has 0 aliphatic rings. The summed E-state index contributed by atoms with van der Waals surface area (Å²) in [6, 6.07) is 2.93. The van der Waals surface area contributed by atoms with Crippen molar-refractivity contribution in [3.63, 3.8) is 0 Å². The van der Waals surface area contributed by atoms with Gasteiger partial charge in [-0.05, 0) is 28.1 Å². The van der Waals surface area contributed by atoms with Crippen molar-refractivity contribution in [2.45, 2.75) is 6.18 Å². The summed E-state index contributed by atoms with van der Waals surface area (Å²) < 4.78 is 41.9. The van der Waals surface area contributed by atoms with Gasteiger partial charge in [0.05, 0.1) is 29.9 Å². The number of alkyl halides is 3. The number of hydrogen-bond donors (Lipinski definition) is 0. The van der Waals surface area contributed by atoms with Crippen LogP contribution in [0.3, 0.4) is 0 Å². The Labute approximate surface area is 103 Å². The minimum Gasteiger partial charge on any atom is -0.465 e. The van der Waals surface area contributed by atoms with Crippen molar-refractivity contribution in [1.82, 2.24) is 0 Å². The summed E-state index contributed by atoms with van der Waals surface area (Å²) in [6.07, 6.45) is -4.65. The predicted molar refractivity (Wildman–Crippen MR) is 55.2 cm³/mol. The number of esters is 1. The summed E-state index contributed by atoms with van der Waals surface area (Å²) in [6.45, 7) is 0. The highest BCUT2D eigenvalue weighted by Gasteiger charge is 2.35. The molecule has 0 aliphatic carbocycles. The Balaban J connectivity index is 3.47. The first kappa shape index (κ1) is 13.5. The molecule has 1 aromatic rings. The SMILES string of the molecule is COC(=O)c1cc(C#N)c(C(F)(F)F)cc1Br. The molecule has 1 aromatic carbocycles. The van der Waals surface area contributed by atoms with Gasteiger partial charge >= 0.3 is 12.1 Å². The fraction of sp³-hybridized carbons (Fsp3) is 0.200. The second-order valence-corrected chi connectivity index (χ2v) is 3.83. The number of halogens is 4. The lowest BCUT2D eigenvalue weighted by Crippen LogP contribution is -2.11. The number of rotatable bonds is 1. The van der Waals surface area contributed by atoms with E-state index in [1.54, 1.807) is 0 Å². The van der Waals surface area contributed by atoms with Crippen LogP contribution >= 0.6 is 15.9 Å². The van der Waals surface area contributed by atoms with E-state index in [4.69, 9.17) is 5.26 Å². The number of benzene rings is 1. The highest BCUT2D eigenvalue weighted by molar-refractivity contribution is 9.10. The summed E-state index contributed by atoms with van der Waals surface area (Å²) >= 11 is 2.83. The molecule has 1 rings (SSSR count). The quantitative estimate of drug-likeness (QED) is 0.749. The zero-order valence-electron chi connectivity index (χ0n) is 8.43. The molecule has 0 heterocycles. The predicted octanol–water partition coefficient (Wildman–Crippen LogP) is 3.13. The average molecular weight is 308 g/mol. The largest absolute Gasteiger partial charge is 0.465 e. The topological polar surface area (TPSA) is 50.1 Å². The van der Waals surface area contributed by atoms with Crippen LogP contribution in [0.15, 0.2) is 16.6 Å². The van der Waals surface area contributed by atoms with E-state index < -0.39 is 23.3 Å². The van der Waals surface area contributed by atoms with Gasteiger partial charge in [0.1, 0.15) is 0 Å². The monoisotopic (exact) mass is 307 g/mol. The molecule has 0 aromatic heterocycles. The van der Waals surface area contributed by atoms with Crippen LogP contribution in [0.2, 0.25) is 0 Å². The number of ether oxygens (including phenoxy) is 1. The number of nitriles is 1. The van der Waals surface area contributed by atoms with Crippen LogP contribution < -0.4 is 0 Å². The minimum absolute atomic E-state index is 0.0734. The molecular weight excluding hydrogens is 303 g/mol. The van der Waals surface area contributed by atoms with Crippen molar-refractivity contribution in [2.75, 3.05) is 7.11 Å². The highest BCUT2D eigenvalue weighted by atomic mass is 79.9.